The monoisotopic (exact) mass is 290 g/mol. The van der Waals surface area contributed by atoms with Crippen molar-refractivity contribution < 1.29 is 14.0 Å². The number of piperazine rings is 1. The van der Waals surface area contributed by atoms with Gasteiger partial charge in [0, 0.05) is 38.5 Å². The molecule has 2 aliphatic heterocycles. The molecule has 4 nitrogen and oxygen atoms in total. The standard InChI is InChI=1S/C16H19FN2O2/c17-15-4-2-1-3-12(15)9-14(20)11-18-7-8-19-13(10-18)5-6-16(19)21/h1-4,13H,5-11H2. The Kier molecular flexibility index (Phi) is 4.01. The lowest BCUT2D eigenvalue weighted by atomic mass is 10.1. The fourth-order valence-corrected chi connectivity index (χ4v) is 3.23. The molecular weight excluding hydrogens is 271 g/mol. The Bertz CT molecular complexity index is 561. The summed E-state index contributed by atoms with van der Waals surface area (Å²) in [5.41, 5.74) is 0.456. The van der Waals surface area contributed by atoms with Crippen molar-refractivity contribution in [2.75, 3.05) is 26.2 Å². The first-order valence-electron chi connectivity index (χ1n) is 7.40. The molecule has 3 rings (SSSR count). The summed E-state index contributed by atoms with van der Waals surface area (Å²) in [7, 11) is 0. The molecule has 1 atom stereocenters. The van der Waals surface area contributed by atoms with Crippen LogP contribution in [0.1, 0.15) is 18.4 Å². The van der Waals surface area contributed by atoms with Gasteiger partial charge < -0.3 is 4.90 Å². The van der Waals surface area contributed by atoms with Crippen LogP contribution < -0.4 is 0 Å². The Morgan fingerprint density at radius 3 is 2.90 bits per heavy atom. The van der Waals surface area contributed by atoms with E-state index in [9.17, 15) is 14.0 Å². The summed E-state index contributed by atoms with van der Waals surface area (Å²) in [6.07, 6.45) is 1.65. The maximum absolute atomic E-state index is 13.5. The van der Waals surface area contributed by atoms with Gasteiger partial charge in [-0.05, 0) is 18.1 Å². The molecule has 112 valence electrons. The van der Waals surface area contributed by atoms with Crippen LogP contribution in [0.2, 0.25) is 0 Å². The first kappa shape index (κ1) is 14.2. The zero-order valence-corrected chi connectivity index (χ0v) is 11.9. The van der Waals surface area contributed by atoms with E-state index in [-0.39, 0.29) is 30.0 Å². The largest absolute Gasteiger partial charge is 0.337 e. The highest BCUT2D eigenvalue weighted by Crippen LogP contribution is 2.22. The van der Waals surface area contributed by atoms with Gasteiger partial charge >= 0.3 is 0 Å². The van der Waals surface area contributed by atoms with Crippen LogP contribution in [0.4, 0.5) is 4.39 Å². The molecule has 0 radical (unpaired) electrons. The predicted octanol–water partition coefficient (Wildman–Crippen LogP) is 1.24. The van der Waals surface area contributed by atoms with E-state index < -0.39 is 0 Å². The van der Waals surface area contributed by atoms with Gasteiger partial charge in [0.15, 0.2) is 5.78 Å². The number of carbonyl (C=O) groups excluding carboxylic acids is 2. The Morgan fingerprint density at radius 1 is 1.29 bits per heavy atom. The van der Waals surface area contributed by atoms with Crippen molar-refractivity contribution in [1.82, 2.24) is 9.80 Å². The third-order valence-corrected chi connectivity index (χ3v) is 4.32. The summed E-state index contributed by atoms with van der Waals surface area (Å²) in [5.74, 6) is -0.0627. The molecule has 0 saturated carbocycles. The summed E-state index contributed by atoms with van der Waals surface area (Å²) in [6.45, 7) is 2.53. The lowest BCUT2D eigenvalue weighted by Gasteiger charge is -2.37. The highest BCUT2D eigenvalue weighted by atomic mass is 19.1. The van der Waals surface area contributed by atoms with E-state index >= 15 is 0 Å². The zero-order valence-electron chi connectivity index (χ0n) is 11.9. The van der Waals surface area contributed by atoms with Gasteiger partial charge in [0.2, 0.25) is 5.91 Å². The Balaban J connectivity index is 1.54. The van der Waals surface area contributed by atoms with Gasteiger partial charge in [-0.2, -0.15) is 0 Å². The third-order valence-electron chi connectivity index (χ3n) is 4.32. The smallest absolute Gasteiger partial charge is 0.222 e. The number of nitrogens with zero attached hydrogens (tertiary/aromatic N) is 2. The highest BCUT2D eigenvalue weighted by molar-refractivity contribution is 5.83. The first-order chi connectivity index (χ1) is 10.1. The van der Waals surface area contributed by atoms with Gasteiger partial charge in [0.1, 0.15) is 5.82 Å². The fourth-order valence-electron chi connectivity index (χ4n) is 3.23. The van der Waals surface area contributed by atoms with Crippen molar-refractivity contribution in [2.45, 2.75) is 25.3 Å². The highest BCUT2D eigenvalue weighted by Gasteiger charge is 2.35. The van der Waals surface area contributed by atoms with E-state index in [1.54, 1.807) is 18.2 Å². The van der Waals surface area contributed by atoms with E-state index in [1.165, 1.54) is 6.07 Å². The van der Waals surface area contributed by atoms with Crippen LogP contribution in [0, 0.1) is 5.82 Å². The second-order valence-corrected chi connectivity index (χ2v) is 5.82. The maximum atomic E-state index is 13.5. The number of carbonyl (C=O) groups is 2. The summed E-state index contributed by atoms with van der Waals surface area (Å²) in [5, 5.41) is 0. The van der Waals surface area contributed by atoms with Crippen LogP contribution in [0.25, 0.3) is 0 Å². The minimum Gasteiger partial charge on any atom is -0.337 e. The van der Waals surface area contributed by atoms with E-state index in [1.807, 2.05) is 4.90 Å². The summed E-state index contributed by atoms with van der Waals surface area (Å²) < 4.78 is 13.5. The van der Waals surface area contributed by atoms with Crippen molar-refractivity contribution in [3.05, 3.63) is 35.6 Å². The van der Waals surface area contributed by atoms with Crippen LogP contribution >= 0.6 is 0 Å². The summed E-state index contributed by atoms with van der Waals surface area (Å²) >= 11 is 0. The van der Waals surface area contributed by atoms with Crippen molar-refractivity contribution in [3.8, 4) is 0 Å². The minimum atomic E-state index is -0.322. The molecule has 0 N–H and O–H groups in total. The lowest BCUT2D eigenvalue weighted by Crippen LogP contribution is -2.52. The predicted molar refractivity (Wildman–Crippen MR) is 76.3 cm³/mol. The third kappa shape index (κ3) is 3.13. The molecule has 1 amide bonds. The second kappa shape index (κ2) is 5.93. The van der Waals surface area contributed by atoms with Crippen molar-refractivity contribution in [1.29, 1.82) is 0 Å². The van der Waals surface area contributed by atoms with E-state index in [2.05, 4.69) is 4.90 Å². The van der Waals surface area contributed by atoms with Gasteiger partial charge in [-0.1, -0.05) is 18.2 Å². The number of amides is 1. The molecule has 1 aromatic rings. The average Bonchev–Trinajstić information content (AvgIpc) is 2.82. The van der Waals surface area contributed by atoms with Gasteiger partial charge in [-0.15, -0.1) is 0 Å². The molecule has 2 heterocycles. The number of Topliss-reactive ketones (excluding diaryl/α,β-unsaturated/α-hetero) is 1. The second-order valence-electron chi connectivity index (χ2n) is 5.82. The molecule has 0 aromatic heterocycles. The van der Waals surface area contributed by atoms with Crippen LogP contribution in [0.15, 0.2) is 24.3 Å². The van der Waals surface area contributed by atoms with Gasteiger partial charge in [0.05, 0.1) is 6.54 Å². The molecule has 0 bridgehead atoms. The minimum absolute atomic E-state index is 0.0258. The molecule has 5 heteroatoms. The zero-order chi connectivity index (χ0) is 14.8. The van der Waals surface area contributed by atoms with Gasteiger partial charge in [-0.25, -0.2) is 4.39 Å². The molecule has 1 aromatic carbocycles. The van der Waals surface area contributed by atoms with E-state index in [4.69, 9.17) is 0 Å². The lowest BCUT2D eigenvalue weighted by molar-refractivity contribution is -0.131. The molecule has 21 heavy (non-hydrogen) atoms. The number of benzene rings is 1. The van der Waals surface area contributed by atoms with Crippen LogP contribution in [-0.4, -0.2) is 53.7 Å². The number of ketones is 1. The molecule has 2 fully saturated rings. The molecular formula is C16H19FN2O2. The van der Waals surface area contributed by atoms with Crippen molar-refractivity contribution >= 4 is 11.7 Å². The summed E-state index contributed by atoms with van der Waals surface area (Å²) in [4.78, 5) is 27.7. The first-order valence-corrected chi connectivity index (χ1v) is 7.40. The topological polar surface area (TPSA) is 40.6 Å². The molecule has 0 spiro atoms. The quantitative estimate of drug-likeness (QED) is 0.838. The summed E-state index contributed by atoms with van der Waals surface area (Å²) in [6, 6.07) is 6.66. The van der Waals surface area contributed by atoms with Crippen LogP contribution in [-0.2, 0) is 16.0 Å². The van der Waals surface area contributed by atoms with Crippen molar-refractivity contribution in [2.24, 2.45) is 0 Å². The van der Waals surface area contributed by atoms with Crippen LogP contribution in [0.3, 0.4) is 0 Å². The fraction of sp³-hybridized carbons (Fsp3) is 0.500. The van der Waals surface area contributed by atoms with E-state index in [0.717, 1.165) is 19.5 Å². The Hall–Kier alpha value is -1.75. The molecule has 0 aliphatic carbocycles. The molecule has 1 unspecified atom stereocenters. The average molecular weight is 290 g/mol. The molecule has 2 saturated heterocycles. The molecule has 2 aliphatic rings. The number of hydrogen-bond donors (Lipinski definition) is 0. The number of halogens is 1. The van der Waals surface area contributed by atoms with E-state index in [0.29, 0.717) is 25.1 Å². The van der Waals surface area contributed by atoms with Gasteiger partial charge in [-0.3, -0.25) is 14.5 Å². The SMILES string of the molecule is O=C(Cc1ccccc1F)CN1CCN2C(=O)CCC2C1. The Morgan fingerprint density at radius 2 is 2.10 bits per heavy atom. The number of rotatable bonds is 4. The van der Waals surface area contributed by atoms with Crippen LogP contribution in [0.5, 0.6) is 0 Å². The number of hydrogen-bond acceptors (Lipinski definition) is 3. The number of fused-ring (bicyclic) bond motifs is 1. The Labute approximate surface area is 123 Å². The van der Waals surface area contributed by atoms with Gasteiger partial charge in [0.25, 0.3) is 0 Å². The normalized spacial score (nSPS) is 22.4. The maximum Gasteiger partial charge on any atom is 0.222 e. The van der Waals surface area contributed by atoms with Crippen molar-refractivity contribution in [3.63, 3.8) is 0 Å².